The second kappa shape index (κ2) is 11.9. The minimum absolute atomic E-state index is 0.0151. The van der Waals surface area contributed by atoms with Crippen LogP contribution in [0.3, 0.4) is 0 Å². The highest BCUT2D eigenvalue weighted by molar-refractivity contribution is 8.00. The van der Waals surface area contributed by atoms with Gasteiger partial charge in [0, 0.05) is 56.5 Å². The smallest absolute Gasteiger partial charge is 0.315 e. The van der Waals surface area contributed by atoms with Crippen LogP contribution in [-0.2, 0) is 16.1 Å². The van der Waals surface area contributed by atoms with Gasteiger partial charge in [-0.1, -0.05) is 42.3 Å². The lowest BCUT2D eigenvalue weighted by atomic mass is 10.00. The number of hydrogen-bond donors (Lipinski definition) is 4. The van der Waals surface area contributed by atoms with Gasteiger partial charge in [-0.15, -0.1) is 0 Å². The lowest BCUT2D eigenvalue weighted by Gasteiger charge is -2.16. The number of hydrogen-bond acceptors (Lipinski definition) is 4. The van der Waals surface area contributed by atoms with E-state index in [9.17, 15) is 19.5 Å². The summed E-state index contributed by atoms with van der Waals surface area (Å²) in [7, 11) is 0. The number of carbonyl (C=O) groups is 3. The Morgan fingerprint density at radius 3 is 2.76 bits per heavy atom. The predicted octanol–water partition coefficient (Wildman–Crippen LogP) is 6.35. The number of nitrogens with zero attached hydrogens (tertiary/aromatic N) is 1. The molecule has 3 aromatic carbocycles. The zero-order chi connectivity index (χ0) is 29.4. The van der Waals surface area contributed by atoms with Gasteiger partial charge in [0.25, 0.3) is 0 Å². The fourth-order valence-corrected chi connectivity index (χ4v) is 7.81. The van der Waals surface area contributed by atoms with Crippen LogP contribution in [0.1, 0.15) is 49.7 Å². The first-order valence-corrected chi connectivity index (χ1v) is 15.7. The molecule has 2 aliphatic heterocycles. The van der Waals surface area contributed by atoms with E-state index in [2.05, 4.69) is 20.5 Å². The van der Waals surface area contributed by atoms with Gasteiger partial charge in [0.1, 0.15) is 0 Å². The molecule has 0 spiro atoms. The molecule has 8 nitrogen and oxygen atoms in total. The molecule has 0 bridgehead atoms. The molecule has 42 heavy (non-hydrogen) atoms. The van der Waals surface area contributed by atoms with Gasteiger partial charge in [-0.3, -0.25) is 9.59 Å². The van der Waals surface area contributed by atoms with Crippen LogP contribution >= 0.6 is 23.4 Å². The van der Waals surface area contributed by atoms with Crippen LogP contribution in [0.25, 0.3) is 21.8 Å². The molecule has 218 valence electrons. The first kappa shape index (κ1) is 28.4. The van der Waals surface area contributed by atoms with Crippen molar-refractivity contribution >= 4 is 68.8 Å². The average Bonchev–Trinajstić information content (AvgIpc) is 3.61. The number of halogens is 1. The molecule has 4 aromatic rings. The summed E-state index contributed by atoms with van der Waals surface area (Å²) in [5, 5.41) is 21.7. The number of amides is 3. The molecule has 2 aliphatic rings. The molecule has 4 N–H and O–H groups in total. The van der Waals surface area contributed by atoms with E-state index in [4.69, 9.17) is 11.6 Å². The highest BCUT2D eigenvalue weighted by atomic mass is 35.5. The molecule has 1 unspecified atom stereocenters. The fraction of sp³-hybridized carbons (Fsp3) is 0.344. The van der Waals surface area contributed by atoms with Gasteiger partial charge in [-0.25, -0.2) is 4.79 Å². The standard InChI is InChI=1S/C32H33ClN4O4S/c1-18(31(39)40)20-9-11-23-24-15-21(33)10-12-26(24)37(27(23)14-20)16-19-5-4-6-22(13-19)34-29(38)8-3-2-7-28-30-25(17-42-28)35-32(41)36-30/h4-6,9-15,18,25,28,30H,2-3,7-8,16-17H2,1H3,(H,34,38)(H,39,40)(H2,35,36,41)/t18?,25-,28-,30-/m0/s1. The summed E-state index contributed by atoms with van der Waals surface area (Å²) in [6, 6.07) is 19.8. The minimum Gasteiger partial charge on any atom is -0.481 e. The van der Waals surface area contributed by atoms with Crippen LogP contribution in [0.4, 0.5) is 10.5 Å². The van der Waals surface area contributed by atoms with Crippen LogP contribution in [0.5, 0.6) is 0 Å². The molecular formula is C32H33ClN4O4S. The lowest BCUT2D eigenvalue weighted by Crippen LogP contribution is -2.36. The molecular weight excluding hydrogens is 572 g/mol. The summed E-state index contributed by atoms with van der Waals surface area (Å²) < 4.78 is 2.17. The van der Waals surface area contributed by atoms with E-state index in [-0.39, 0.29) is 24.0 Å². The lowest BCUT2D eigenvalue weighted by molar-refractivity contribution is -0.138. The monoisotopic (exact) mass is 604 g/mol. The first-order valence-electron chi connectivity index (χ1n) is 14.3. The van der Waals surface area contributed by atoms with Gasteiger partial charge >= 0.3 is 12.0 Å². The molecule has 6 rings (SSSR count). The predicted molar refractivity (Wildman–Crippen MR) is 169 cm³/mol. The summed E-state index contributed by atoms with van der Waals surface area (Å²) in [5.41, 5.74) is 4.44. The van der Waals surface area contributed by atoms with E-state index in [1.54, 1.807) is 6.92 Å². The van der Waals surface area contributed by atoms with Crippen molar-refractivity contribution in [1.29, 1.82) is 0 Å². The number of nitrogens with one attached hydrogen (secondary N) is 3. The topological polar surface area (TPSA) is 112 Å². The highest BCUT2D eigenvalue weighted by Crippen LogP contribution is 2.35. The van der Waals surface area contributed by atoms with Gasteiger partial charge in [0.2, 0.25) is 5.91 Å². The molecule has 2 saturated heterocycles. The van der Waals surface area contributed by atoms with Crippen molar-refractivity contribution in [2.75, 3.05) is 11.1 Å². The van der Waals surface area contributed by atoms with Gasteiger partial charge in [0.05, 0.1) is 18.0 Å². The quantitative estimate of drug-likeness (QED) is 0.124. The molecule has 0 saturated carbocycles. The molecule has 3 heterocycles. The van der Waals surface area contributed by atoms with Crippen molar-refractivity contribution in [3.8, 4) is 0 Å². The Morgan fingerprint density at radius 1 is 1.07 bits per heavy atom. The van der Waals surface area contributed by atoms with E-state index < -0.39 is 11.9 Å². The summed E-state index contributed by atoms with van der Waals surface area (Å²) in [4.78, 5) is 36.0. The molecule has 0 radical (unpaired) electrons. The second-order valence-corrected chi connectivity index (χ2v) is 12.9. The maximum absolute atomic E-state index is 12.8. The third-order valence-corrected chi connectivity index (χ3v) is 10.1. The second-order valence-electron chi connectivity index (χ2n) is 11.2. The SMILES string of the molecule is CC(C(=O)O)c1ccc2c3cc(Cl)ccc3n(Cc3cccc(NC(=O)CCCC[C@@H]4SC[C@@H]5NC(=O)N[C@@H]54)c3)c2c1. The van der Waals surface area contributed by atoms with E-state index in [1.807, 2.05) is 72.4 Å². The van der Waals surface area contributed by atoms with Crippen molar-refractivity contribution < 1.29 is 19.5 Å². The number of rotatable bonds is 10. The van der Waals surface area contributed by atoms with Crippen molar-refractivity contribution in [2.24, 2.45) is 0 Å². The largest absolute Gasteiger partial charge is 0.481 e. The zero-order valence-electron chi connectivity index (χ0n) is 23.2. The Morgan fingerprint density at radius 2 is 1.93 bits per heavy atom. The van der Waals surface area contributed by atoms with Crippen molar-refractivity contribution in [1.82, 2.24) is 15.2 Å². The van der Waals surface area contributed by atoms with Crippen LogP contribution in [0, 0.1) is 0 Å². The molecule has 0 aliphatic carbocycles. The summed E-state index contributed by atoms with van der Waals surface area (Å²) in [6.45, 7) is 2.23. The molecule has 10 heteroatoms. The van der Waals surface area contributed by atoms with Crippen LogP contribution in [-0.4, -0.2) is 50.7 Å². The summed E-state index contributed by atoms with van der Waals surface area (Å²) in [5.74, 6) is -0.569. The van der Waals surface area contributed by atoms with Crippen molar-refractivity contribution in [3.05, 3.63) is 76.8 Å². The Kier molecular flexibility index (Phi) is 8.05. The molecule has 1 aromatic heterocycles. The maximum Gasteiger partial charge on any atom is 0.315 e. The Balaban J connectivity index is 1.13. The number of carbonyl (C=O) groups excluding carboxylic acids is 2. The Labute approximate surface area is 253 Å². The first-order chi connectivity index (χ1) is 20.3. The average molecular weight is 605 g/mol. The third kappa shape index (κ3) is 5.80. The normalized spacial score (nSPS) is 20.3. The zero-order valence-corrected chi connectivity index (χ0v) is 24.8. The summed E-state index contributed by atoms with van der Waals surface area (Å²) in [6.07, 6.45) is 3.15. The number of unbranched alkanes of at least 4 members (excludes halogenated alkanes) is 1. The van der Waals surface area contributed by atoms with Crippen molar-refractivity contribution in [2.45, 2.75) is 62.4 Å². The van der Waals surface area contributed by atoms with Crippen LogP contribution < -0.4 is 16.0 Å². The van der Waals surface area contributed by atoms with E-state index in [1.165, 1.54) is 0 Å². The van der Waals surface area contributed by atoms with E-state index in [0.29, 0.717) is 23.2 Å². The van der Waals surface area contributed by atoms with Crippen LogP contribution in [0.2, 0.25) is 5.02 Å². The highest BCUT2D eigenvalue weighted by Gasteiger charge is 2.42. The number of urea groups is 1. The number of carboxylic acid groups (broad SMARTS) is 1. The Bertz CT molecular complexity index is 1690. The van der Waals surface area contributed by atoms with Gasteiger partial charge in [0.15, 0.2) is 0 Å². The van der Waals surface area contributed by atoms with Gasteiger partial charge < -0.3 is 25.6 Å². The Hall–Kier alpha value is -3.69. The number of carboxylic acids is 1. The minimum atomic E-state index is -0.867. The number of benzene rings is 3. The summed E-state index contributed by atoms with van der Waals surface area (Å²) >= 11 is 8.23. The van der Waals surface area contributed by atoms with E-state index in [0.717, 1.165) is 63.6 Å². The number of anilines is 1. The number of thioether (sulfide) groups is 1. The number of aromatic nitrogens is 1. The van der Waals surface area contributed by atoms with Crippen molar-refractivity contribution in [3.63, 3.8) is 0 Å². The number of aliphatic carboxylic acids is 1. The van der Waals surface area contributed by atoms with E-state index >= 15 is 0 Å². The van der Waals surface area contributed by atoms with Crippen LogP contribution in [0.15, 0.2) is 60.7 Å². The van der Waals surface area contributed by atoms with Gasteiger partial charge in [-0.05, 0) is 67.3 Å². The van der Waals surface area contributed by atoms with Gasteiger partial charge in [-0.2, -0.15) is 11.8 Å². The molecule has 4 atom stereocenters. The molecule has 2 fully saturated rings. The fourth-order valence-electron chi connectivity index (χ4n) is 6.10. The molecule has 3 amide bonds. The number of fused-ring (bicyclic) bond motifs is 4. The maximum atomic E-state index is 12.8. The third-order valence-electron chi connectivity index (χ3n) is 8.35.